The van der Waals surface area contributed by atoms with Crippen molar-refractivity contribution in [3.05, 3.63) is 71.0 Å². The molecule has 0 saturated carbocycles. The number of para-hydroxylation sites is 2. The van der Waals surface area contributed by atoms with Crippen LogP contribution in [0.25, 0.3) is 37.2 Å². The first kappa shape index (κ1) is 17.5. The van der Waals surface area contributed by atoms with Gasteiger partial charge in [0.1, 0.15) is 22.8 Å². The lowest BCUT2D eigenvalue weighted by Crippen LogP contribution is -2.17. The van der Waals surface area contributed by atoms with Crippen LogP contribution < -0.4 is 4.74 Å². The molecule has 32 heavy (non-hydrogen) atoms. The summed E-state index contributed by atoms with van der Waals surface area (Å²) in [7, 11) is 0. The minimum atomic E-state index is -0.427. The van der Waals surface area contributed by atoms with Gasteiger partial charge in [0.25, 0.3) is 0 Å². The molecule has 2 aliphatic rings. The van der Waals surface area contributed by atoms with Crippen molar-refractivity contribution in [3.8, 4) is 39.1 Å². The van der Waals surface area contributed by atoms with E-state index < -0.39 is 5.41 Å². The Balaban J connectivity index is 1.64. The number of ether oxygens (including phenoxy) is 1. The molecule has 0 spiro atoms. The Morgan fingerprint density at radius 3 is 2.66 bits per heavy atom. The molecule has 0 atom stereocenters. The Kier molecular flexibility index (Phi) is 3.05. The van der Waals surface area contributed by atoms with Gasteiger partial charge in [-0.25, -0.2) is 4.98 Å². The van der Waals surface area contributed by atoms with Crippen molar-refractivity contribution >= 4 is 33.1 Å². The van der Waals surface area contributed by atoms with Crippen molar-refractivity contribution in [2.24, 2.45) is 0 Å². The first-order valence-corrected chi connectivity index (χ1v) is 11.1. The van der Waals surface area contributed by atoms with Crippen molar-refractivity contribution in [3.63, 3.8) is 0 Å². The highest BCUT2D eigenvalue weighted by molar-refractivity contribution is 7.18. The van der Waals surface area contributed by atoms with Crippen LogP contribution in [0.1, 0.15) is 36.4 Å². The van der Waals surface area contributed by atoms with Gasteiger partial charge >= 0.3 is 0 Å². The Morgan fingerprint density at radius 1 is 1.03 bits per heavy atom. The van der Waals surface area contributed by atoms with Crippen molar-refractivity contribution in [2.75, 3.05) is 0 Å². The van der Waals surface area contributed by atoms with Crippen molar-refractivity contribution in [2.45, 2.75) is 19.3 Å². The fourth-order valence-corrected chi connectivity index (χ4v) is 6.79. The first-order valence-electron chi connectivity index (χ1n) is 10.3. The molecule has 7 rings (SSSR count). The molecule has 5 aromatic rings. The molecule has 0 fully saturated rings. The normalized spacial score (nSPS) is 14.4. The van der Waals surface area contributed by atoms with Gasteiger partial charge in [-0.15, -0.1) is 11.3 Å². The number of hydrogen-bond donors (Lipinski definition) is 0. The average molecular weight is 430 g/mol. The molecule has 2 aromatic carbocycles. The fraction of sp³-hybridized carbons (Fsp3) is 0.115. The van der Waals surface area contributed by atoms with Crippen molar-refractivity contribution in [1.29, 1.82) is 10.5 Å². The maximum atomic E-state index is 9.84. The molecular weight excluding hydrogens is 416 g/mol. The summed E-state index contributed by atoms with van der Waals surface area (Å²) < 4.78 is 8.87. The molecule has 5 nitrogen and oxygen atoms in total. The van der Waals surface area contributed by atoms with Crippen LogP contribution in [-0.4, -0.2) is 9.55 Å². The largest absolute Gasteiger partial charge is 0.452 e. The molecule has 1 aliphatic carbocycles. The zero-order chi connectivity index (χ0) is 21.8. The number of nitriles is 2. The zero-order valence-electron chi connectivity index (χ0n) is 17.2. The predicted octanol–water partition coefficient (Wildman–Crippen LogP) is 6.40. The Hall–Kier alpha value is -4.13. The highest BCUT2D eigenvalue weighted by atomic mass is 32.1. The van der Waals surface area contributed by atoms with Gasteiger partial charge in [0, 0.05) is 32.2 Å². The minimum absolute atomic E-state index is 0.266. The number of hydrogen-bond acceptors (Lipinski definition) is 5. The zero-order valence-corrected chi connectivity index (χ0v) is 18.0. The van der Waals surface area contributed by atoms with Crippen LogP contribution in [0.4, 0.5) is 0 Å². The highest BCUT2D eigenvalue weighted by Crippen LogP contribution is 2.62. The van der Waals surface area contributed by atoms with E-state index in [2.05, 4.69) is 65.9 Å². The van der Waals surface area contributed by atoms with Crippen molar-refractivity contribution < 1.29 is 4.74 Å². The summed E-state index contributed by atoms with van der Waals surface area (Å²) in [6, 6.07) is 20.7. The van der Waals surface area contributed by atoms with Gasteiger partial charge in [0.2, 0.25) is 0 Å². The van der Waals surface area contributed by atoms with E-state index in [4.69, 9.17) is 4.74 Å². The van der Waals surface area contributed by atoms with Gasteiger partial charge in [-0.2, -0.15) is 10.5 Å². The topological polar surface area (TPSA) is 74.6 Å². The maximum absolute atomic E-state index is 9.84. The van der Waals surface area contributed by atoms with Crippen LogP contribution in [0.2, 0.25) is 0 Å². The van der Waals surface area contributed by atoms with Crippen LogP contribution in [0, 0.1) is 22.7 Å². The fourth-order valence-electron chi connectivity index (χ4n) is 5.32. The van der Waals surface area contributed by atoms with Crippen LogP contribution in [0.3, 0.4) is 0 Å². The molecular formula is C26H14N4OS. The van der Waals surface area contributed by atoms with E-state index in [1.807, 2.05) is 18.2 Å². The molecule has 0 radical (unpaired) electrons. The van der Waals surface area contributed by atoms with Gasteiger partial charge in [-0.1, -0.05) is 44.2 Å². The van der Waals surface area contributed by atoms with Gasteiger partial charge < -0.3 is 4.74 Å². The maximum Gasteiger partial charge on any atom is 0.167 e. The smallest absolute Gasteiger partial charge is 0.167 e. The van der Waals surface area contributed by atoms with E-state index in [-0.39, 0.29) is 5.69 Å². The quantitative estimate of drug-likeness (QED) is 0.280. The molecule has 3 aromatic heterocycles. The molecule has 0 amide bonds. The van der Waals surface area contributed by atoms with Crippen LogP contribution in [0.15, 0.2) is 48.5 Å². The third kappa shape index (κ3) is 1.86. The highest BCUT2D eigenvalue weighted by Gasteiger charge is 2.45. The molecule has 1 aliphatic heterocycles. The summed E-state index contributed by atoms with van der Waals surface area (Å²) in [4.78, 5) is 5.31. The van der Waals surface area contributed by atoms with Crippen LogP contribution in [-0.2, 0) is 5.41 Å². The van der Waals surface area contributed by atoms with Gasteiger partial charge in [-0.05, 0) is 23.8 Å². The Labute approximate surface area is 187 Å². The van der Waals surface area contributed by atoms with E-state index in [0.29, 0.717) is 5.69 Å². The Bertz CT molecular complexity index is 1760. The SMILES string of the molecule is CC1(C)c2cc(C#N)nc(C#N)c2-c2sc3c(c21)Oc1cccc2c4ccccc4n-3c12. The second-order valence-corrected chi connectivity index (χ2v) is 9.67. The third-order valence-corrected chi connectivity index (χ3v) is 7.86. The van der Waals surface area contributed by atoms with E-state index in [1.54, 1.807) is 11.3 Å². The van der Waals surface area contributed by atoms with Gasteiger partial charge in [-0.3, -0.25) is 4.57 Å². The summed E-state index contributed by atoms with van der Waals surface area (Å²) in [5.41, 5.74) is 5.17. The molecule has 0 N–H and O–H groups in total. The van der Waals surface area contributed by atoms with Crippen molar-refractivity contribution in [1.82, 2.24) is 9.55 Å². The van der Waals surface area contributed by atoms with Crippen LogP contribution in [0.5, 0.6) is 11.5 Å². The Morgan fingerprint density at radius 2 is 1.84 bits per heavy atom. The summed E-state index contributed by atoms with van der Waals surface area (Å²) in [6.07, 6.45) is 0. The molecule has 150 valence electrons. The van der Waals surface area contributed by atoms with Gasteiger partial charge in [0.05, 0.1) is 11.0 Å². The summed E-state index contributed by atoms with van der Waals surface area (Å²) in [6.45, 7) is 4.25. The molecule has 0 unspecified atom stereocenters. The van der Waals surface area contributed by atoms with Gasteiger partial charge in [0.15, 0.2) is 17.2 Å². The molecule has 0 bridgehead atoms. The van der Waals surface area contributed by atoms with E-state index in [0.717, 1.165) is 54.5 Å². The number of rotatable bonds is 0. The second-order valence-electron chi connectivity index (χ2n) is 8.67. The first-order chi connectivity index (χ1) is 15.5. The number of benzene rings is 2. The predicted molar refractivity (Wildman–Crippen MR) is 124 cm³/mol. The van der Waals surface area contributed by atoms with Crippen LogP contribution >= 0.6 is 11.3 Å². The number of pyridine rings is 1. The number of thiophene rings is 1. The summed E-state index contributed by atoms with van der Waals surface area (Å²) in [5.74, 6) is 1.66. The number of fused-ring (bicyclic) bond motifs is 9. The average Bonchev–Trinajstić information content (AvgIpc) is 3.42. The monoisotopic (exact) mass is 430 g/mol. The van der Waals surface area contributed by atoms with E-state index in [9.17, 15) is 10.5 Å². The lowest BCUT2D eigenvalue weighted by molar-refractivity contribution is 0.462. The molecule has 0 saturated heterocycles. The second kappa shape index (κ2) is 5.56. The molecule has 4 heterocycles. The third-order valence-electron chi connectivity index (χ3n) is 6.69. The molecule has 6 heteroatoms. The summed E-state index contributed by atoms with van der Waals surface area (Å²) >= 11 is 1.63. The lowest BCUT2D eigenvalue weighted by Gasteiger charge is -2.25. The standard InChI is InChI=1S/C26H14N4OS/c1-26(2)16-10-13(11-27)29-17(12-28)20(16)24-21(26)23-25(32-24)30-18-8-4-3-6-14(18)15-7-5-9-19(31-23)22(15)30/h3-10H,1-2H3. The summed E-state index contributed by atoms with van der Waals surface area (Å²) in [5, 5.41) is 22.7. The number of aromatic nitrogens is 2. The van der Waals surface area contributed by atoms with E-state index >= 15 is 0 Å². The number of nitrogens with zero attached hydrogens (tertiary/aromatic N) is 4. The lowest BCUT2D eigenvalue weighted by atomic mass is 9.82. The minimum Gasteiger partial charge on any atom is -0.452 e. The van der Waals surface area contributed by atoms with E-state index in [1.165, 1.54) is 5.39 Å².